The molecular weight excluding hydrogens is 313 g/mol. The van der Waals surface area contributed by atoms with Gasteiger partial charge < -0.3 is 10.4 Å². The van der Waals surface area contributed by atoms with E-state index in [0.29, 0.717) is 18.7 Å². The highest BCUT2D eigenvalue weighted by Crippen LogP contribution is 2.31. The Morgan fingerprint density at radius 2 is 2.26 bits per heavy atom. The first-order valence-electron chi connectivity index (χ1n) is 6.45. The summed E-state index contributed by atoms with van der Waals surface area (Å²) in [5.41, 5.74) is 0.597. The van der Waals surface area contributed by atoms with Crippen LogP contribution < -0.4 is 5.32 Å². The second-order valence-electron chi connectivity index (χ2n) is 5.00. The molecule has 1 aromatic carbocycles. The van der Waals surface area contributed by atoms with Crippen molar-refractivity contribution in [2.75, 3.05) is 6.54 Å². The number of hydrogen-bond acceptors (Lipinski definition) is 2. The maximum Gasteiger partial charge on any atom is 0.306 e. The third-order valence-electron chi connectivity index (χ3n) is 3.71. The van der Waals surface area contributed by atoms with E-state index < -0.39 is 5.97 Å². The van der Waals surface area contributed by atoms with Gasteiger partial charge in [-0.1, -0.05) is 22.4 Å². The first-order valence-corrected chi connectivity index (χ1v) is 7.24. The van der Waals surface area contributed by atoms with E-state index in [-0.39, 0.29) is 17.7 Å². The number of carbonyl (C=O) groups is 1. The molecule has 1 saturated carbocycles. The largest absolute Gasteiger partial charge is 0.481 e. The number of hydrogen-bond donors (Lipinski definition) is 2. The fraction of sp³-hybridized carbons (Fsp3) is 0.500. The average Bonchev–Trinajstić information content (AvgIpc) is 2.82. The van der Waals surface area contributed by atoms with Gasteiger partial charge >= 0.3 is 5.97 Å². The fourth-order valence-electron chi connectivity index (χ4n) is 2.68. The second-order valence-corrected chi connectivity index (χ2v) is 5.92. The van der Waals surface area contributed by atoms with E-state index in [2.05, 4.69) is 21.2 Å². The van der Waals surface area contributed by atoms with Gasteiger partial charge in [-0.15, -0.1) is 0 Å². The smallest absolute Gasteiger partial charge is 0.306 e. The van der Waals surface area contributed by atoms with Gasteiger partial charge in [-0.25, -0.2) is 4.39 Å². The molecule has 0 radical (unpaired) electrons. The molecule has 2 rings (SSSR count). The van der Waals surface area contributed by atoms with Gasteiger partial charge in [0.25, 0.3) is 0 Å². The number of rotatable bonds is 5. The van der Waals surface area contributed by atoms with Gasteiger partial charge in [0.2, 0.25) is 0 Å². The number of halogens is 2. The zero-order valence-electron chi connectivity index (χ0n) is 10.5. The Morgan fingerprint density at radius 3 is 3.00 bits per heavy atom. The second kappa shape index (κ2) is 6.48. The summed E-state index contributed by atoms with van der Waals surface area (Å²) in [5.74, 6) is -1.04. The van der Waals surface area contributed by atoms with Crippen molar-refractivity contribution in [1.29, 1.82) is 0 Å². The summed E-state index contributed by atoms with van der Waals surface area (Å²) in [6, 6.07) is 4.83. The molecule has 0 bridgehead atoms. The monoisotopic (exact) mass is 329 g/mol. The topological polar surface area (TPSA) is 49.3 Å². The van der Waals surface area contributed by atoms with Crippen LogP contribution in [0.4, 0.5) is 4.39 Å². The lowest BCUT2D eigenvalue weighted by Crippen LogP contribution is -2.29. The summed E-state index contributed by atoms with van der Waals surface area (Å²) < 4.78 is 14.4. The maximum atomic E-state index is 13.5. The number of benzene rings is 1. The summed E-state index contributed by atoms with van der Waals surface area (Å²) in [6.07, 6.45) is 2.66. The van der Waals surface area contributed by atoms with Crippen molar-refractivity contribution < 1.29 is 14.3 Å². The zero-order chi connectivity index (χ0) is 13.8. The third kappa shape index (κ3) is 3.76. The lowest BCUT2D eigenvalue weighted by atomic mass is 9.96. The molecule has 1 aliphatic carbocycles. The van der Waals surface area contributed by atoms with Crippen LogP contribution in [-0.2, 0) is 11.3 Å². The number of carboxylic acid groups (broad SMARTS) is 1. The minimum absolute atomic E-state index is 0.160. The van der Waals surface area contributed by atoms with Crippen LogP contribution >= 0.6 is 15.9 Å². The molecule has 1 aromatic rings. The van der Waals surface area contributed by atoms with Crippen molar-refractivity contribution in [3.05, 3.63) is 34.1 Å². The molecule has 0 aliphatic heterocycles. The highest BCUT2D eigenvalue weighted by Gasteiger charge is 2.32. The van der Waals surface area contributed by atoms with Gasteiger partial charge in [0.05, 0.1) is 5.92 Å². The van der Waals surface area contributed by atoms with E-state index in [1.165, 1.54) is 6.07 Å². The van der Waals surface area contributed by atoms with E-state index in [1.807, 2.05) is 0 Å². The molecule has 0 spiro atoms. The van der Waals surface area contributed by atoms with Gasteiger partial charge in [0.1, 0.15) is 5.82 Å². The van der Waals surface area contributed by atoms with Crippen molar-refractivity contribution in [2.45, 2.75) is 25.8 Å². The fourth-order valence-corrected chi connectivity index (χ4v) is 3.09. The first kappa shape index (κ1) is 14.5. The van der Waals surface area contributed by atoms with Gasteiger partial charge in [0, 0.05) is 16.6 Å². The van der Waals surface area contributed by atoms with E-state index in [9.17, 15) is 9.18 Å². The molecule has 2 atom stereocenters. The predicted molar refractivity (Wildman–Crippen MR) is 74.3 cm³/mol. The van der Waals surface area contributed by atoms with Gasteiger partial charge in [-0.3, -0.25) is 4.79 Å². The molecule has 5 heteroatoms. The van der Waals surface area contributed by atoms with Crippen LogP contribution in [0.25, 0.3) is 0 Å². The van der Waals surface area contributed by atoms with Crippen molar-refractivity contribution in [1.82, 2.24) is 5.32 Å². The summed E-state index contributed by atoms with van der Waals surface area (Å²) in [5, 5.41) is 12.3. The van der Waals surface area contributed by atoms with E-state index >= 15 is 0 Å². The molecule has 0 saturated heterocycles. The first-order chi connectivity index (χ1) is 9.08. The average molecular weight is 330 g/mol. The summed E-state index contributed by atoms with van der Waals surface area (Å²) >= 11 is 3.31. The molecule has 104 valence electrons. The number of carboxylic acids is 1. The van der Waals surface area contributed by atoms with Crippen LogP contribution in [0.1, 0.15) is 24.8 Å². The Kier molecular flexibility index (Phi) is 4.93. The Hall–Kier alpha value is -0.940. The van der Waals surface area contributed by atoms with E-state index in [4.69, 9.17) is 5.11 Å². The van der Waals surface area contributed by atoms with Crippen molar-refractivity contribution in [3.63, 3.8) is 0 Å². The van der Waals surface area contributed by atoms with Crippen LogP contribution in [0.3, 0.4) is 0 Å². The SMILES string of the molecule is O=C(O)C1CCCC1CNCc1cc(Br)ccc1F. The summed E-state index contributed by atoms with van der Waals surface area (Å²) in [6.45, 7) is 1.05. The Balaban J connectivity index is 1.86. The van der Waals surface area contributed by atoms with E-state index in [1.54, 1.807) is 12.1 Å². The van der Waals surface area contributed by atoms with Crippen LogP contribution in [0.15, 0.2) is 22.7 Å². The highest BCUT2D eigenvalue weighted by atomic mass is 79.9. The zero-order valence-corrected chi connectivity index (χ0v) is 12.1. The molecule has 0 heterocycles. The standard InChI is InChI=1S/C14H17BrFNO2/c15-11-4-5-13(16)10(6-11)8-17-7-9-2-1-3-12(9)14(18)19/h4-6,9,12,17H,1-3,7-8H2,(H,18,19). The minimum atomic E-state index is -0.710. The van der Waals surface area contributed by atoms with E-state index in [0.717, 1.165) is 23.7 Å². The van der Waals surface area contributed by atoms with Gasteiger partial charge in [-0.2, -0.15) is 0 Å². The van der Waals surface area contributed by atoms with Crippen LogP contribution in [-0.4, -0.2) is 17.6 Å². The number of aliphatic carboxylic acids is 1. The molecule has 19 heavy (non-hydrogen) atoms. The maximum absolute atomic E-state index is 13.5. The van der Waals surface area contributed by atoms with Crippen LogP contribution in [0.2, 0.25) is 0 Å². The normalized spacial score (nSPS) is 22.6. The Labute approximate surface area is 120 Å². The van der Waals surface area contributed by atoms with Gasteiger partial charge in [0.15, 0.2) is 0 Å². The van der Waals surface area contributed by atoms with Crippen molar-refractivity contribution >= 4 is 21.9 Å². The molecule has 3 nitrogen and oxygen atoms in total. The third-order valence-corrected chi connectivity index (χ3v) is 4.20. The lowest BCUT2D eigenvalue weighted by Gasteiger charge is -2.16. The minimum Gasteiger partial charge on any atom is -0.481 e. The predicted octanol–water partition coefficient (Wildman–Crippen LogP) is 3.18. The van der Waals surface area contributed by atoms with Crippen molar-refractivity contribution in [2.24, 2.45) is 11.8 Å². The Morgan fingerprint density at radius 1 is 1.47 bits per heavy atom. The van der Waals surface area contributed by atoms with Crippen molar-refractivity contribution in [3.8, 4) is 0 Å². The Bertz CT molecular complexity index is 467. The molecule has 0 amide bonds. The molecule has 2 unspecified atom stereocenters. The molecule has 2 N–H and O–H groups in total. The molecule has 1 fully saturated rings. The summed E-state index contributed by atoms with van der Waals surface area (Å²) in [7, 11) is 0. The summed E-state index contributed by atoms with van der Waals surface area (Å²) in [4.78, 5) is 11.0. The highest BCUT2D eigenvalue weighted by molar-refractivity contribution is 9.10. The number of nitrogens with one attached hydrogen (secondary N) is 1. The molecule has 1 aliphatic rings. The molecular formula is C14H17BrFNO2. The van der Waals surface area contributed by atoms with Gasteiger partial charge in [-0.05, 0) is 43.5 Å². The van der Waals surface area contributed by atoms with Crippen LogP contribution in [0, 0.1) is 17.7 Å². The van der Waals surface area contributed by atoms with Crippen LogP contribution in [0.5, 0.6) is 0 Å². The lowest BCUT2D eigenvalue weighted by molar-refractivity contribution is -0.142. The molecule has 0 aromatic heterocycles. The quantitative estimate of drug-likeness (QED) is 0.872.